The van der Waals surface area contributed by atoms with Gasteiger partial charge in [0.25, 0.3) is 0 Å². The van der Waals surface area contributed by atoms with Crippen LogP contribution < -0.4 is 0 Å². The number of fused-ring (bicyclic) bond motifs is 3. The number of halogens is 2. The van der Waals surface area contributed by atoms with E-state index in [1.54, 1.807) is 3.38 Å². The first kappa shape index (κ1) is 22.6. The van der Waals surface area contributed by atoms with Crippen molar-refractivity contribution in [2.24, 2.45) is 0 Å². The minimum absolute atomic E-state index is 0.0352. The monoisotopic (exact) mass is 486 g/mol. The quantitative estimate of drug-likeness (QED) is 0.256. The van der Waals surface area contributed by atoms with Crippen LogP contribution in [-0.4, -0.2) is 9.29 Å². The Morgan fingerprint density at radius 2 is 1.48 bits per heavy atom. The van der Waals surface area contributed by atoms with Crippen molar-refractivity contribution in [1.82, 2.24) is 3.38 Å². The Labute approximate surface area is 199 Å². The fourth-order valence-corrected chi connectivity index (χ4v) is 8.56. The molecule has 3 aromatic rings. The van der Waals surface area contributed by atoms with Gasteiger partial charge in [0.2, 0.25) is 0 Å². The molecule has 0 saturated carbocycles. The summed E-state index contributed by atoms with van der Waals surface area (Å²) >= 11 is -2.72. The number of hydrogen-bond acceptors (Lipinski definition) is 1. The average molecular weight is 487 g/mol. The van der Waals surface area contributed by atoms with E-state index in [4.69, 9.17) is 18.6 Å². The minimum atomic E-state index is -2.72. The van der Waals surface area contributed by atoms with Crippen LogP contribution in [0, 0.1) is 0 Å². The summed E-state index contributed by atoms with van der Waals surface area (Å²) in [5, 5.41) is 0. The molecule has 0 fully saturated rings. The molecule has 0 N–H and O–H groups in total. The van der Waals surface area contributed by atoms with Crippen LogP contribution in [0.3, 0.4) is 0 Å². The molecule has 0 radical (unpaired) electrons. The molecule has 31 heavy (non-hydrogen) atoms. The van der Waals surface area contributed by atoms with Gasteiger partial charge < -0.3 is 0 Å². The second-order valence-corrected chi connectivity index (χ2v) is 13.7. The van der Waals surface area contributed by atoms with E-state index in [1.165, 1.54) is 27.8 Å². The van der Waals surface area contributed by atoms with Gasteiger partial charge in [-0.05, 0) is 0 Å². The Hall–Kier alpha value is -1.58. The fourth-order valence-electron chi connectivity index (χ4n) is 4.72. The van der Waals surface area contributed by atoms with Crippen molar-refractivity contribution in [2.45, 2.75) is 45.6 Å². The second kappa shape index (κ2) is 9.12. The molecule has 0 heterocycles. The normalized spacial score (nSPS) is 12.3. The average Bonchev–Trinajstić information content (AvgIpc) is 3.12. The van der Waals surface area contributed by atoms with Gasteiger partial charge in [-0.15, -0.1) is 0 Å². The van der Waals surface area contributed by atoms with Crippen molar-refractivity contribution < 1.29 is 20.8 Å². The van der Waals surface area contributed by atoms with Crippen molar-refractivity contribution in [3.05, 3.63) is 83.4 Å². The molecular weight excluding hydrogens is 461 g/mol. The maximum absolute atomic E-state index is 13.0. The van der Waals surface area contributed by atoms with E-state index in [1.807, 2.05) is 13.0 Å². The summed E-state index contributed by atoms with van der Waals surface area (Å²) in [7, 11) is 13.0. The molecule has 1 aliphatic carbocycles. The van der Waals surface area contributed by atoms with Gasteiger partial charge in [-0.1, -0.05) is 0 Å². The van der Waals surface area contributed by atoms with E-state index >= 15 is 0 Å². The van der Waals surface area contributed by atoms with E-state index in [0.717, 1.165) is 24.0 Å². The van der Waals surface area contributed by atoms with Crippen LogP contribution in [-0.2, 0) is 32.8 Å². The number of carbonyl (C=O) groups is 1. The fraction of sp³-hybridized carbons (Fsp3) is 0.269. The number of hydrogen-bond donors (Lipinski definition) is 0. The van der Waals surface area contributed by atoms with Crippen LogP contribution in [0.4, 0.5) is 0 Å². The molecule has 0 aliphatic heterocycles. The van der Waals surface area contributed by atoms with Crippen molar-refractivity contribution in [3.8, 4) is 22.3 Å². The third-order valence-corrected chi connectivity index (χ3v) is 9.35. The summed E-state index contributed by atoms with van der Waals surface area (Å²) in [6, 6.07) is 23.5. The number of rotatable bonds is 6. The predicted molar refractivity (Wildman–Crippen MR) is 127 cm³/mol. The van der Waals surface area contributed by atoms with Gasteiger partial charge in [-0.2, -0.15) is 0 Å². The van der Waals surface area contributed by atoms with Crippen molar-refractivity contribution >= 4 is 24.5 Å². The van der Waals surface area contributed by atoms with Gasteiger partial charge in [0.05, 0.1) is 0 Å². The van der Waals surface area contributed by atoms with Gasteiger partial charge in [0, 0.05) is 0 Å². The zero-order valence-electron chi connectivity index (χ0n) is 18.1. The van der Waals surface area contributed by atoms with Crippen LogP contribution in [0.1, 0.15) is 50.3 Å². The maximum atomic E-state index is 13.0. The topological polar surface area (TPSA) is 20.3 Å². The van der Waals surface area contributed by atoms with Crippen LogP contribution in [0.25, 0.3) is 22.3 Å². The summed E-state index contributed by atoms with van der Waals surface area (Å²) in [6.45, 7) is 6.13. The molecule has 0 atom stereocenters. The first-order chi connectivity index (χ1) is 14.9. The molecular formula is C26H26Cl2NOTi. The molecule has 5 heteroatoms. The molecule has 0 bridgehead atoms. The molecule has 1 aliphatic rings. The van der Waals surface area contributed by atoms with Crippen LogP contribution in [0.5, 0.6) is 0 Å². The summed E-state index contributed by atoms with van der Waals surface area (Å²) < 4.78 is 1.77. The standard InChI is InChI=1S/C26H27NO.2ClH.Ti/c1-4-10-25(28)27-26(2,3)24-16-8-7-13-22(24)21-15-9-14-20-19-12-6-5-11-18(19)17-23(20)21;;;/h5-9,11-16H,4,10,17H2,1-3H3,(H,27,28);2*1H;/q;;;+3/p-3. The van der Waals surface area contributed by atoms with Crippen LogP contribution in [0.15, 0.2) is 66.7 Å². The van der Waals surface area contributed by atoms with Gasteiger partial charge in [0.15, 0.2) is 0 Å². The zero-order chi connectivity index (χ0) is 22.2. The molecule has 4 rings (SSSR count). The first-order valence-electron chi connectivity index (χ1n) is 10.7. The first-order valence-corrected chi connectivity index (χ1v) is 15.7. The SMILES string of the molecule is CCCC(=O)[N]([Ti]([Cl])[Cl])C(C)(C)c1ccccc1-c1cccc2c1Cc1ccccc1-2. The number of carbonyl (C=O) groups excluding carboxylic acids is 1. The second-order valence-electron chi connectivity index (χ2n) is 8.49. The van der Waals surface area contributed by atoms with Gasteiger partial charge in [-0.25, -0.2) is 0 Å². The van der Waals surface area contributed by atoms with Crippen molar-refractivity contribution in [3.63, 3.8) is 0 Å². The molecule has 0 spiro atoms. The van der Waals surface area contributed by atoms with Crippen molar-refractivity contribution in [2.75, 3.05) is 0 Å². The van der Waals surface area contributed by atoms with Gasteiger partial charge >= 0.3 is 200 Å². The molecule has 0 aromatic heterocycles. The van der Waals surface area contributed by atoms with Gasteiger partial charge in [-0.3, -0.25) is 0 Å². The Morgan fingerprint density at radius 3 is 2.16 bits per heavy atom. The number of benzene rings is 3. The molecule has 0 saturated heterocycles. The number of amides is 1. The molecule has 2 nitrogen and oxygen atoms in total. The van der Waals surface area contributed by atoms with E-state index in [-0.39, 0.29) is 5.91 Å². The van der Waals surface area contributed by atoms with Crippen LogP contribution >= 0.6 is 18.6 Å². The third kappa shape index (κ3) is 4.12. The van der Waals surface area contributed by atoms with Crippen LogP contribution in [0.2, 0.25) is 0 Å². The zero-order valence-corrected chi connectivity index (χ0v) is 21.2. The number of nitrogens with zero attached hydrogens (tertiary/aromatic N) is 1. The molecule has 0 unspecified atom stereocenters. The van der Waals surface area contributed by atoms with Crippen molar-refractivity contribution in [1.29, 1.82) is 0 Å². The summed E-state index contributed by atoms with van der Waals surface area (Å²) in [4.78, 5) is 13.0. The van der Waals surface area contributed by atoms with E-state index in [2.05, 4.69) is 74.5 Å². The molecule has 3 aromatic carbocycles. The molecule has 1 amide bonds. The Kier molecular flexibility index (Phi) is 6.65. The Balaban J connectivity index is 1.85. The molecule has 159 valence electrons. The predicted octanol–water partition coefficient (Wildman–Crippen LogP) is 7.63. The Bertz CT molecular complexity index is 1130. The third-order valence-electron chi connectivity index (χ3n) is 6.17. The van der Waals surface area contributed by atoms with E-state index in [0.29, 0.717) is 6.42 Å². The summed E-state index contributed by atoms with van der Waals surface area (Å²) in [5.74, 6) is 0.0352. The Morgan fingerprint density at radius 1 is 0.903 bits per heavy atom. The van der Waals surface area contributed by atoms with E-state index in [9.17, 15) is 4.79 Å². The summed E-state index contributed by atoms with van der Waals surface area (Å²) in [5.41, 5.74) is 8.13. The summed E-state index contributed by atoms with van der Waals surface area (Å²) in [6.07, 6.45) is 2.15. The van der Waals surface area contributed by atoms with E-state index < -0.39 is 21.5 Å². The van der Waals surface area contributed by atoms with Gasteiger partial charge in [0.1, 0.15) is 0 Å².